The number of aromatic nitrogens is 2. The van der Waals surface area contributed by atoms with Crippen molar-refractivity contribution in [3.8, 4) is 0 Å². The quantitative estimate of drug-likeness (QED) is 0.829. The first kappa shape index (κ1) is 11.6. The van der Waals surface area contributed by atoms with Crippen LogP contribution in [0.25, 0.3) is 11.0 Å². The molecular weight excluding hydrogens is 218 g/mol. The average Bonchev–Trinajstić information content (AvgIpc) is 2.72. The van der Waals surface area contributed by atoms with Crippen molar-refractivity contribution in [1.82, 2.24) is 14.9 Å². The number of imidazole rings is 1. The molecule has 0 radical (unpaired) electrons. The zero-order valence-electron chi connectivity index (χ0n) is 9.84. The predicted molar refractivity (Wildman–Crippen MR) is 64.8 cm³/mol. The van der Waals surface area contributed by atoms with Crippen LogP contribution >= 0.6 is 0 Å². The van der Waals surface area contributed by atoms with E-state index in [1.165, 1.54) is 0 Å². The molecule has 0 saturated heterocycles. The van der Waals surface area contributed by atoms with Gasteiger partial charge in [0, 0.05) is 0 Å². The summed E-state index contributed by atoms with van der Waals surface area (Å²) in [6.45, 7) is 1.99. The number of likely N-dealkylation sites (N-methyl/N-ethyl adjacent to an activating group) is 1. The van der Waals surface area contributed by atoms with E-state index in [0.29, 0.717) is 6.54 Å². The normalized spacial score (nSPS) is 14.7. The van der Waals surface area contributed by atoms with Crippen LogP contribution in [-0.2, 0) is 11.3 Å². The van der Waals surface area contributed by atoms with Gasteiger partial charge >= 0.3 is 5.97 Å². The van der Waals surface area contributed by atoms with E-state index in [-0.39, 0.29) is 0 Å². The first-order valence-corrected chi connectivity index (χ1v) is 5.39. The molecule has 0 amide bonds. The van der Waals surface area contributed by atoms with Gasteiger partial charge in [0.05, 0.1) is 23.9 Å². The highest BCUT2D eigenvalue weighted by Crippen LogP contribution is 2.15. The minimum absolute atomic E-state index is 0.333. The highest BCUT2D eigenvalue weighted by molar-refractivity contribution is 5.79. The summed E-state index contributed by atoms with van der Waals surface area (Å²) in [4.78, 5) is 15.5. The van der Waals surface area contributed by atoms with Crippen molar-refractivity contribution in [3.05, 3.63) is 30.6 Å². The number of hydrogen-bond acceptors (Lipinski definition) is 3. The summed E-state index contributed by atoms with van der Waals surface area (Å²) in [7, 11) is 1.65. The zero-order chi connectivity index (χ0) is 12.5. The van der Waals surface area contributed by atoms with Crippen LogP contribution in [0.2, 0.25) is 0 Å². The number of carbonyl (C=O) groups is 1. The maximum absolute atomic E-state index is 11.2. The van der Waals surface area contributed by atoms with Crippen LogP contribution in [0.1, 0.15) is 6.92 Å². The molecule has 0 bridgehead atoms. The number of carboxylic acid groups (broad SMARTS) is 1. The highest BCUT2D eigenvalue weighted by atomic mass is 16.4. The Hall–Kier alpha value is -1.88. The van der Waals surface area contributed by atoms with Crippen LogP contribution in [-0.4, -0.2) is 33.2 Å². The number of rotatable bonds is 4. The smallest absolute Gasteiger partial charge is 0.325 e. The SMILES string of the molecule is CNC(C)(Cn1cnc2ccccc21)C(=O)O. The van der Waals surface area contributed by atoms with Crippen LogP contribution in [0, 0.1) is 0 Å². The van der Waals surface area contributed by atoms with Gasteiger partial charge in [-0.3, -0.25) is 4.79 Å². The van der Waals surface area contributed by atoms with Crippen molar-refractivity contribution in [2.24, 2.45) is 0 Å². The van der Waals surface area contributed by atoms with Crippen LogP contribution in [0.3, 0.4) is 0 Å². The number of carboxylic acids is 1. The predicted octanol–water partition coefficient (Wildman–Crippen LogP) is 1.10. The molecule has 17 heavy (non-hydrogen) atoms. The average molecular weight is 233 g/mol. The van der Waals surface area contributed by atoms with Gasteiger partial charge in [0.25, 0.3) is 0 Å². The summed E-state index contributed by atoms with van der Waals surface area (Å²) in [5.74, 6) is -0.877. The molecule has 2 N–H and O–H groups in total. The third kappa shape index (κ3) is 2.01. The van der Waals surface area contributed by atoms with Gasteiger partial charge in [-0.2, -0.15) is 0 Å². The Labute approximate surface area is 99.1 Å². The molecule has 0 saturated carbocycles. The first-order valence-electron chi connectivity index (χ1n) is 5.39. The van der Waals surface area contributed by atoms with Gasteiger partial charge in [-0.25, -0.2) is 4.98 Å². The van der Waals surface area contributed by atoms with E-state index >= 15 is 0 Å². The Morgan fingerprint density at radius 1 is 1.53 bits per heavy atom. The molecular formula is C12H15N3O2. The van der Waals surface area contributed by atoms with Gasteiger partial charge in [-0.05, 0) is 26.1 Å². The second-order valence-electron chi connectivity index (χ2n) is 4.25. The number of aliphatic carboxylic acids is 1. The van der Waals surface area contributed by atoms with Crippen molar-refractivity contribution >= 4 is 17.0 Å². The molecule has 1 aromatic carbocycles. The maximum Gasteiger partial charge on any atom is 0.325 e. The molecule has 1 aromatic heterocycles. The van der Waals surface area contributed by atoms with Crippen LogP contribution in [0.4, 0.5) is 0 Å². The molecule has 1 atom stereocenters. The molecule has 5 heteroatoms. The van der Waals surface area contributed by atoms with E-state index in [0.717, 1.165) is 11.0 Å². The fourth-order valence-electron chi connectivity index (χ4n) is 1.73. The summed E-state index contributed by atoms with van der Waals surface area (Å²) in [6, 6.07) is 7.66. The number of benzene rings is 1. The summed E-state index contributed by atoms with van der Waals surface area (Å²) in [5, 5.41) is 12.0. The lowest BCUT2D eigenvalue weighted by Crippen LogP contribution is -2.50. The zero-order valence-corrected chi connectivity index (χ0v) is 9.84. The van der Waals surface area contributed by atoms with E-state index < -0.39 is 11.5 Å². The Bertz CT molecular complexity index is 549. The van der Waals surface area contributed by atoms with Gasteiger partial charge in [-0.15, -0.1) is 0 Å². The van der Waals surface area contributed by atoms with Crippen molar-refractivity contribution in [2.75, 3.05) is 7.05 Å². The molecule has 5 nitrogen and oxygen atoms in total. The maximum atomic E-state index is 11.2. The second kappa shape index (κ2) is 4.18. The summed E-state index contributed by atoms with van der Waals surface area (Å²) < 4.78 is 1.85. The van der Waals surface area contributed by atoms with Crippen LogP contribution in [0.5, 0.6) is 0 Å². The number of para-hydroxylation sites is 2. The first-order chi connectivity index (χ1) is 8.07. The van der Waals surface area contributed by atoms with Gasteiger partial charge in [0.1, 0.15) is 5.54 Å². The lowest BCUT2D eigenvalue weighted by molar-refractivity contribution is -0.144. The van der Waals surface area contributed by atoms with Crippen molar-refractivity contribution in [3.63, 3.8) is 0 Å². The Kier molecular flexibility index (Phi) is 2.85. The lowest BCUT2D eigenvalue weighted by atomic mass is 10.0. The van der Waals surface area contributed by atoms with Crippen molar-refractivity contribution in [1.29, 1.82) is 0 Å². The monoisotopic (exact) mass is 233 g/mol. The van der Waals surface area contributed by atoms with E-state index in [1.807, 2.05) is 28.8 Å². The largest absolute Gasteiger partial charge is 0.480 e. The fraction of sp³-hybridized carbons (Fsp3) is 0.333. The highest BCUT2D eigenvalue weighted by Gasteiger charge is 2.31. The lowest BCUT2D eigenvalue weighted by Gasteiger charge is -2.24. The molecule has 90 valence electrons. The molecule has 0 spiro atoms. The Morgan fingerprint density at radius 3 is 2.88 bits per heavy atom. The number of hydrogen-bond donors (Lipinski definition) is 2. The fourth-order valence-corrected chi connectivity index (χ4v) is 1.73. The molecule has 2 rings (SSSR count). The Morgan fingerprint density at radius 2 is 2.24 bits per heavy atom. The minimum Gasteiger partial charge on any atom is -0.480 e. The second-order valence-corrected chi connectivity index (χ2v) is 4.25. The molecule has 1 heterocycles. The van der Waals surface area contributed by atoms with E-state index in [1.54, 1.807) is 20.3 Å². The topological polar surface area (TPSA) is 67.2 Å². The van der Waals surface area contributed by atoms with E-state index in [2.05, 4.69) is 10.3 Å². The summed E-state index contributed by atoms with van der Waals surface area (Å²) >= 11 is 0. The third-order valence-corrected chi connectivity index (χ3v) is 3.04. The van der Waals surface area contributed by atoms with Crippen LogP contribution in [0.15, 0.2) is 30.6 Å². The molecule has 0 fully saturated rings. The number of nitrogens with one attached hydrogen (secondary N) is 1. The van der Waals surface area contributed by atoms with E-state index in [9.17, 15) is 9.90 Å². The number of fused-ring (bicyclic) bond motifs is 1. The molecule has 0 aliphatic carbocycles. The molecule has 0 aliphatic rings. The minimum atomic E-state index is -0.997. The van der Waals surface area contributed by atoms with Gasteiger partial charge in [0.2, 0.25) is 0 Å². The van der Waals surface area contributed by atoms with Gasteiger partial charge < -0.3 is 15.0 Å². The molecule has 2 aromatic rings. The third-order valence-electron chi connectivity index (χ3n) is 3.04. The molecule has 0 aliphatic heterocycles. The Balaban J connectivity index is 2.38. The van der Waals surface area contributed by atoms with E-state index in [4.69, 9.17) is 0 Å². The summed E-state index contributed by atoms with van der Waals surface area (Å²) in [6.07, 6.45) is 1.67. The number of nitrogens with zero attached hydrogens (tertiary/aromatic N) is 2. The van der Waals surface area contributed by atoms with Gasteiger partial charge in [0.15, 0.2) is 0 Å². The molecule has 1 unspecified atom stereocenters. The standard InChI is InChI=1S/C12H15N3O2/c1-12(13-2,11(16)17)7-15-8-14-9-5-3-4-6-10(9)15/h3-6,8,13H,7H2,1-2H3,(H,16,17). The summed E-state index contributed by atoms with van der Waals surface area (Å²) in [5.41, 5.74) is 0.815. The van der Waals surface area contributed by atoms with Crippen molar-refractivity contribution < 1.29 is 9.90 Å². The van der Waals surface area contributed by atoms with Gasteiger partial charge in [-0.1, -0.05) is 12.1 Å². The van der Waals surface area contributed by atoms with Crippen molar-refractivity contribution in [2.45, 2.75) is 19.0 Å². The van der Waals surface area contributed by atoms with Crippen LogP contribution < -0.4 is 5.32 Å².